The predicted octanol–water partition coefficient (Wildman–Crippen LogP) is 3.84. The Balaban J connectivity index is 1.45. The van der Waals surface area contributed by atoms with Crippen molar-refractivity contribution in [1.82, 2.24) is 15.3 Å². The molecule has 0 bridgehead atoms. The van der Waals surface area contributed by atoms with Crippen LogP contribution in [0.3, 0.4) is 0 Å². The third-order valence-electron chi connectivity index (χ3n) is 6.26. The van der Waals surface area contributed by atoms with E-state index in [1.165, 1.54) is 11.8 Å². The largest absolute Gasteiger partial charge is 0.364 e. The van der Waals surface area contributed by atoms with Crippen LogP contribution in [0.15, 0.2) is 48.7 Å². The SMILES string of the molecule is Cc1cc(-c2cccc(CNc3ncc([N+](=O)[O-])c(NCC4CCNCC4)n3)c2)ccc1CN. The van der Waals surface area contributed by atoms with Crippen molar-refractivity contribution >= 4 is 17.5 Å². The summed E-state index contributed by atoms with van der Waals surface area (Å²) in [6.45, 7) is 5.70. The number of benzene rings is 2. The highest BCUT2D eigenvalue weighted by atomic mass is 16.6. The molecule has 0 radical (unpaired) electrons. The van der Waals surface area contributed by atoms with Crippen molar-refractivity contribution in [3.05, 3.63) is 75.5 Å². The Bertz CT molecular complexity index is 1150. The first-order valence-electron chi connectivity index (χ1n) is 11.6. The molecule has 0 atom stereocenters. The van der Waals surface area contributed by atoms with Crippen LogP contribution in [0.25, 0.3) is 11.1 Å². The number of hydrogen-bond acceptors (Lipinski definition) is 8. The summed E-state index contributed by atoms with van der Waals surface area (Å²) in [6, 6.07) is 14.5. The molecule has 0 unspecified atom stereocenters. The maximum absolute atomic E-state index is 11.4. The molecule has 34 heavy (non-hydrogen) atoms. The summed E-state index contributed by atoms with van der Waals surface area (Å²) in [5.74, 6) is 1.08. The Morgan fingerprint density at radius 2 is 1.94 bits per heavy atom. The van der Waals surface area contributed by atoms with E-state index >= 15 is 0 Å². The lowest BCUT2D eigenvalue weighted by Gasteiger charge is -2.22. The lowest BCUT2D eigenvalue weighted by atomic mass is 9.98. The predicted molar refractivity (Wildman–Crippen MR) is 135 cm³/mol. The Labute approximate surface area is 199 Å². The monoisotopic (exact) mass is 461 g/mol. The van der Waals surface area contributed by atoms with Crippen LogP contribution < -0.4 is 21.7 Å². The molecular formula is C25H31N7O2. The molecule has 0 spiro atoms. The number of hydrogen-bond donors (Lipinski definition) is 4. The van der Waals surface area contributed by atoms with Crippen LogP contribution in [0.4, 0.5) is 17.5 Å². The van der Waals surface area contributed by atoms with E-state index in [-0.39, 0.29) is 11.5 Å². The molecule has 3 aromatic rings. The van der Waals surface area contributed by atoms with E-state index in [1.807, 2.05) is 12.1 Å². The second-order valence-electron chi connectivity index (χ2n) is 8.66. The van der Waals surface area contributed by atoms with Crippen molar-refractivity contribution in [3.63, 3.8) is 0 Å². The van der Waals surface area contributed by atoms with Crippen molar-refractivity contribution in [3.8, 4) is 11.1 Å². The summed E-state index contributed by atoms with van der Waals surface area (Å²) in [5, 5.41) is 21.2. The van der Waals surface area contributed by atoms with Crippen LogP contribution in [0.1, 0.15) is 29.5 Å². The second kappa shape index (κ2) is 11.0. The third kappa shape index (κ3) is 5.86. The number of anilines is 2. The van der Waals surface area contributed by atoms with Crippen molar-refractivity contribution < 1.29 is 4.92 Å². The minimum absolute atomic E-state index is 0.113. The van der Waals surface area contributed by atoms with Crippen LogP contribution in [-0.4, -0.2) is 34.5 Å². The van der Waals surface area contributed by atoms with E-state index in [0.29, 0.717) is 31.5 Å². The Hall–Kier alpha value is -3.56. The number of nitro groups is 1. The first-order valence-corrected chi connectivity index (χ1v) is 11.6. The molecule has 1 saturated heterocycles. The van der Waals surface area contributed by atoms with Crippen molar-refractivity contribution in [2.75, 3.05) is 30.3 Å². The quantitative estimate of drug-likeness (QED) is 0.279. The lowest BCUT2D eigenvalue weighted by molar-refractivity contribution is -0.384. The minimum Gasteiger partial charge on any atom is -0.364 e. The Morgan fingerprint density at radius 3 is 2.68 bits per heavy atom. The number of rotatable bonds is 9. The average molecular weight is 462 g/mol. The summed E-state index contributed by atoms with van der Waals surface area (Å²) >= 11 is 0. The third-order valence-corrected chi connectivity index (χ3v) is 6.26. The molecule has 5 N–H and O–H groups in total. The van der Waals surface area contributed by atoms with Gasteiger partial charge < -0.3 is 21.7 Å². The van der Waals surface area contributed by atoms with Crippen molar-refractivity contribution in [2.45, 2.75) is 32.9 Å². The molecule has 9 heteroatoms. The van der Waals surface area contributed by atoms with Gasteiger partial charge in [0, 0.05) is 19.6 Å². The minimum atomic E-state index is -0.448. The number of nitrogens with zero attached hydrogens (tertiary/aromatic N) is 3. The van der Waals surface area contributed by atoms with E-state index < -0.39 is 4.92 Å². The zero-order valence-electron chi connectivity index (χ0n) is 19.4. The smallest absolute Gasteiger partial charge is 0.329 e. The number of aromatic nitrogens is 2. The molecule has 9 nitrogen and oxygen atoms in total. The molecule has 1 fully saturated rings. The molecule has 1 aliphatic rings. The van der Waals surface area contributed by atoms with Gasteiger partial charge in [-0.1, -0.05) is 36.4 Å². The molecular weight excluding hydrogens is 430 g/mol. The maximum Gasteiger partial charge on any atom is 0.329 e. The van der Waals surface area contributed by atoms with Crippen LogP contribution >= 0.6 is 0 Å². The fraction of sp³-hybridized carbons (Fsp3) is 0.360. The van der Waals surface area contributed by atoms with Crippen LogP contribution in [0, 0.1) is 23.0 Å². The van der Waals surface area contributed by atoms with Crippen LogP contribution in [0.5, 0.6) is 0 Å². The molecule has 178 valence electrons. The molecule has 4 rings (SSSR count). The summed E-state index contributed by atoms with van der Waals surface area (Å²) in [5.41, 5.74) is 11.3. The fourth-order valence-corrected chi connectivity index (χ4v) is 4.20. The molecule has 1 aromatic heterocycles. The van der Waals surface area contributed by atoms with E-state index in [9.17, 15) is 10.1 Å². The molecule has 1 aliphatic heterocycles. The molecule has 2 heterocycles. The van der Waals surface area contributed by atoms with Gasteiger partial charge in [0.1, 0.15) is 6.20 Å². The summed E-state index contributed by atoms with van der Waals surface area (Å²) in [7, 11) is 0. The zero-order valence-corrected chi connectivity index (χ0v) is 19.4. The van der Waals surface area contributed by atoms with Gasteiger partial charge in [0.05, 0.1) is 4.92 Å². The zero-order chi connectivity index (χ0) is 23.9. The first kappa shape index (κ1) is 23.6. The van der Waals surface area contributed by atoms with Gasteiger partial charge in [0.25, 0.3) is 0 Å². The topological polar surface area (TPSA) is 131 Å². The van der Waals surface area contributed by atoms with Gasteiger partial charge in [-0.2, -0.15) is 4.98 Å². The second-order valence-corrected chi connectivity index (χ2v) is 8.66. The van der Waals surface area contributed by atoms with Gasteiger partial charge in [-0.15, -0.1) is 0 Å². The number of aryl methyl sites for hydroxylation is 1. The van der Waals surface area contributed by atoms with Gasteiger partial charge in [0.15, 0.2) is 0 Å². The highest BCUT2D eigenvalue weighted by molar-refractivity contribution is 5.66. The highest BCUT2D eigenvalue weighted by Gasteiger charge is 2.19. The van der Waals surface area contributed by atoms with Gasteiger partial charge in [-0.25, -0.2) is 4.98 Å². The van der Waals surface area contributed by atoms with Crippen molar-refractivity contribution in [2.24, 2.45) is 11.7 Å². The van der Waals surface area contributed by atoms with Crippen molar-refractivity contribution in [1.29, 1.82) is 0 Å². The van der Waals surface area contributed by atoms with Crippen LogP contribution in [-0.2, 0) is 13.1 Å². The standard InChI is InChI=1S/C25H31N7O2/c1-17-11-21(5-6-22(17)13-26)20-4-2-3-19(12-20)15-29-25-30-16-23(32(33)34)24(31-25)28-14-18-7-9-27-10-8-18/h2-6,11-12,16,18,27H,7-10,13-15,26H2,1H3,(H2,28,29,30,31). The highest BCUT2D eigenvalue weighted by Crippen LogP contribution is 2.25. The summed E-state index contributed by atoms with van der Waals surface area (Å²) < 4.78 is 0. The number of piperidine rings is 1. The van der Waals surface area contributed by atoms with Gasteiger partial charge in [0.2, 0.25) is 11.8 Å². The van der Waals surface area contributed by atoms with Gasteiger partial charge >= 0.3 is 5.69 Å². The normalized spacial score (nSPS) is 14.1. The molecule has 0 aliphatic carbocycles. The fourth-order valence-electron chi connectivity index (χ4n) is 4.20. The number of nitrogens with one attached hydrogen (secondary N) is 3. The van der Waals surface area contributed by atoms with E-state index in [2.05, 4.69) is 63.2 Å². The lowest BCUT2D eigenvalue weighted by Crippen LogP contribution is -2.31. The maximum atomic E-state index is 11.4. The summed E-state index contributed by atoms with van der Waals surface area (Å²) in [4.78, 5) is 19.6. The average Bonchev–Trinajstić information content (AvgIpc) is 2.87. The molecule has 2 aromatic carbocycles. The molecule has 0 amide bonds. The van der Waals surface area contributed by atoms with E-state index in [1.54, 1.807) is 0 Å². The van der Waals surface area contributed by atoms with Crippen LogP contribution in [0.2, 0.25) is 0 Å². The number of nitrogens with two attached hydrogens (primary N) is 1. The van der Waals surface area contributed by atoms with Gasteiger partial charge in [-0.05, 0) is 72.7 Å². The Kier molecular flexibility index (Phi) is 7.66. The van der Waals surface area contributed by atoms with E-state index in [4.69, 9.17) is 5.73 Å². The summed E-state index contributed by atoms with van der Waals surface area (Å²) in [6.07, 6.45) is 3.35. The molecule has 0 saturated carbocycles. The Morgan fingerprint density at radius 1 is 1.15 bits per heavy atom. The van der Waals surface area contributed by atoms with Gasteiger partial charge in [-0.3, -0.25) is 10.1 Å². The van der Waals surface area contributed by atoms with E-state index in [0.717, 1.165) is 48.2 Å². The first-order chi connectivity index (χ1) is 16.5.